The van der Waals surface area contributed by atoms with Crippen molar-refractivity contribution in [2.24, 2.45) is 0 Å². The SMILES string of the molecule is N#Cc1ccc(Cc2ccc(N)cc2C#N)[nH]1. The molecule has 1 aromatic carbocycles. The summed E-state index contributed by atoms with van der Waals surface area (Å²) in [4.78, 5) is 2.98. The third kappa shape index (κ3) is 2.27. The molecule has 1 heterocycles. The van der Waals surface area contributed by atoms with Gasteiger partial charge in [-0.2, -0.15) is 10.5 Å². The van der Waals surface area contributed by atoms with Gasteiger partial charge in [0.25, 0.3) is 0 Å². The second-order valence-electron chi connectivity index (χ2n) is 3.71. The van der Waals surface area contributed by atoms with E-state index in [0.717, 1.165) is 11.3 Å². The smallest absolute Gasteiger partial charge is 0.117 e. The molecule has 4 nitrogen and oxygen atoms in total. The average Bonchev–Trinajstić information content (AvgIpc) is 2.79. The standard InChI is InChI=1S/C13H10N4/c14-7-10-5-11(16)2-1-9(10)6-12-3-4-13(8-15)17-12/h1-5,17H,6,16H2. The summed E-state index contributed by atoms with van der Waals surface area (Å²) in [5.41, 5.74) is 9.09. The normalized spacial score (nSPS) is 9.53. The first-order valence-electron chi connectivity index (χ1n) is 5.09. The van der Waals surface area contributed by atoms with Crippen LogP contribution in [0.25, 0.3) is 0 Å². The molecule has 3 N–H and O–H groups in total. The van der Waals surface area contributed by atoms with Crippen LogP contribution >= 0.6 is 0 Å². The Morgan fingerprint density at radius 3 is 2.59 bits per heavy atom. The summed E-state index contributed by atoms with van der Waals surface area (Å²) in [5.74, 6) is 0. The summed E-state index contributed by atoms with van der Waals surface area (Å²) >= 11 is 0. The van der Waals surface area contributed by atoms with Crippen LogP contribution in [-0.2, 0) is 6.42 Å². The quantitative estimate of drug-likeness (QED) is 0.761. The fourth-order valence-electron chi connectivity index (χ4n) is 1.67. The van der Waals surface area contributed by atoms with Gasteiger partial charge in [0.15, 0.2) is 0 Å². The maximum Gasteiger partial charge on any atom is 0.117 e. The number of H-pyrrole nitrogens is 1. The van der Waals surface area contributed by atoms with Crippen LogP contribution in [0.3, 0.4) is 0 Å². The molecule has 82 valence electrons. The van der Waals surface area contributed by atoms with Crippen molar-refractivity contribution in [2.45, 2.75) is 6.42 Å². The van der Waals surface area contributed by atoms with Crippen molar-refractivity contribution in [1.29, 1.82) is 10.5 Å². The molecular formula is C13H10N4. The second-order valence-corrected chi connectivity index (χ2v) is 3.71. The Balaban J connectivity index is 2.31. The fourth-order valence-corrected chi connectivity index (χ4v) is 1.67. The van der Waals surface area contributed by atoms with Crippen LogP contribution in [0.1, 0.15) is 22.5 Å². The van der Waals surface area contributed by atoms with Gasteiger partial charge in [0.2, 0.25) is 0 Å². The maximum absolute atomic E-state index is 9.00. The Labute approximate surface area is 98.9 Å². The molecule has 4 heteroatoms. The third-order valence-electron chi connectivity index (χ3n) is 2.50. The minimum absolute atomic E-state index is 0.522. The van der Waals surface area contributed by atoms with Gasteiger partial charge in [0.1, 0.15) is 11.8 Å². The Morgan fingerprint density at radius 1 is 1.12 bits per heavy atom. The van der Waals surface area contributed by atoms with Gasteiger partial charge in [0.05, 0.1) is 11.6 Å². The van der Waals surface area contributed by atoms with Crippen LogP contribution in [0.4, 0.5) is 5.69 Å². The molecule has 0 saturated heterocycles. The number of anilines is 1. The molecule has 0 saturated carbocycles. The molecule has 0 aliphatic carbocycles. The molecule has 0 atom stereocenters. The minimum atomic E-state index is 0.522. The number of hydrogen-bond acceptors (Lipinski definition) is 3. The van der Waals surface area contributed by atoms with Crippen molar-refractivity contribution in [3.05, 3.63) is 52.8 Å². The molecule has 17 heavy (non-hydrogen) atoms. The summed E-state index contributed by atoms with van der Waals surface area (Å²) in [6.45, 7) is 0. The summed E-state index contributed by atoms with van der Waals surface area (Å²) < 4.78 is 0. The lowest BCUT2D eigenvalue weighted by molar-refractivity contribution is 1.09. The van der Waals surface area contributed by atoms with Gasteiger partial charge in [-0.15, -0.1) is 0 Å². The number of benzene rings is 1. The van der Waals surface area contributed by atoms with E-state index in [1.807, 2.05) is 18.2 Å². The summed E-state index contributed by atoms with van der Waals surface area (Å²) in [6, 6.07) is 13.0. The molecule has 2 aromatic rings. The highest BCUT2D eigenvalue weighted by Crippen LogP contribution is 2.16. The first-order valence-corrected chi connectivity index (χ1v) is 5.09. The average molecular weight is 222 g/mol. The van der Waals surface area contributed by atoms with Gasteiger partial charge < -0.3 is 10.7 Å². The number of nitriles is 2. The highest BCUT2D eigenvalue weighted by Gasteiger charge is 2.05. The van der Waals surface area contributed by atoms with Crippen LogP contribution in [0, 0.1) is 22.7 Å². The van der Waals surface area contributed by atoms with E-state index in [2.05, 4.69) is 11.1 Å². The molecule has 0 radical (unpaired) electrons. The monoisotopic (exact) mass is 222 g/mol. The Bertz CT molecular complexity index is 626. The number of aromatic nitrogens is 1. The fraction of sp³-hybridized carbons (Fsp3) is 0.0769. The number of hydrogen-bond donors (Lipinski definition) is 2. The molecule has 0 amide bonds. The Hall–Kier alpha value is -2.72. The highest BCUT2D eigenvalue weighted by atomic mass is 14.7. The lowest BCUT2D eigenvalue weighted by Gasteiger charge is -2.03. The topological polar surface area (TPSA) is 89.4 Å². The molecule has 2 rings (SSSR count). The lowest BCUT2D eigenvalue weighted by Crippen LogP contribution is -1.95. The van der Waals surface area contributed by atoms with Crippen molar-refractivity contribution >= 4 is 5.69 Å². The molecular weight excluding hydrogens is 212 g/mol. The highest BCUT2D eigenvalue weighted by molar-refractivity contribution is 5.50. The summed E-state index contributed by atoms with van der Waals surface area (Å²) in [5, 5.41) is 17.7. The number of rotatable bonds is 2. The van der Waals surface area contributed by atoms with Crippen LogP contribution < -0.4 is 5.73 Å². The van der Waals surface area contributed by atoms with Crippen molar-refractivity contribution in [1.82, 2.24) is 4.98 Å². The van der Waals surface area contributed by atoms with Gasteiger partial charge >= 0.3 is 0 Å². The molecule has 0 spiro atoms. The number of nitrogens with zero attached hydrogens (tertiary/aromatic N) is 2. The Kier molecular flexibility index (Phi) is 2.81. The predicted octanol–water partition coefficient (Wildman–Crippen LogP) is 1.93. The van der Waals surface area contributed by atoms with Crippen LogP contribution in [-0.4, -0.2) is 4.98 Å². The van der Waals surface area contributed by atoms with Gasteiger partial charge in [0, 0.05) is 17.8 Å². The van der Waals surface area contributed by atoms with Crippen LogP contribution in [0.5, 0.6) is 0 Å². The molecule has 0 bridgehead atoms. The van der Waals surface area contributed by atoms with Gasteiger partial charge in [-0.05, 0) is 29.8 Å². The zero-order valence-electron chi connectivity index (χ0n) is 9.07. The van der Waals surface area contributed by atoms with Crippen LogP contribution in [0.2, 0.25) is 0 Å². The van der Waals surface area contributed by atoms with Crippen LogP contribution in [0.15, 0.2) is 30.3 Å². The number of nitrogens with one attached hydrogen (secondary N) is 1. The second kappa shape index (κ2) is 4.42. The van der Waals surface area contributed by atoms with E-state index in [4.69, 9.17) is 16.3 Å². The van der Waals surface area contributed by atoms with E-state index in [9.17, 15) is 0 Å². The lowest BCUT2D eigenvalue weighted by atomic mass is 10.0. The van der Waals surface area contributed by atoms with Gasteiger partial charge in [-0.25, -0.2) is 0 Å². The van der Waals surface area contributed by atoms with Gasteiger partial charge in [-0.3, -0.25) is 0 Å². The molecule has 0 aliphatic rings. The Morgan fingerprint density at radius 2 is 1.94 bits per heavy atom. The number of nitrogen functional groups attached to an aromatic ring is 1. The molecule has 0 unspecified atom stereocenters. The molecule has 0 aliphatic heterocycles. The van der Waals surface area contributed by atoms with E-state index in [1.165, 1.54) is 0 Å². The van der Waals surface area contributed by atoms with Crippen molar-refractivity contribution in [3.63, 3.8) is 0 Å². The first-order chi connectivity index (χ1) is 8.22. The van der Waals surface area contributed by atoms with E-state index >= 15 is 0 Å². The van der Waals surface area contributed by atoms with Crippen molar-refractivity contribution < 1.29 is 0 Å². The molecule has 1 aromatic heterocycles. The number of aromatic amines is 1. The third-order valence-corrected chi connectivity index (χ3v) is 2.50. The van der Waals surface area contributed by atoms with E-state index in [-0.39, 0.29) is 0 Å². The van der Waals surface area contributed by atoms with E-state index in [0.29, 0.717) is 23.4 Å². The zero-order chi connectivity index (χ0) is 12.3. The van der Waals surface area contributed by atoms with E-state index < -0.39 is 0 Å². The van der Waals surface area contributed by atoms with E-state index in [1.54, 1.807) is 18.2 Å². The van der Waals surface area contributed by atoms with Crippen molar-refractivity contribution in [2.75, 3.05) is 5.73 Å². The first kappa shape index (κ1) is 10.8. The zero-order valence-corrected chi connectivity index (χ0v) is 9.07. The van der Waals surface area contributed by atoms with Crippen molar-refractivity contribution in [3.8, 4) is 12.1 Å². The summed E-state index contributed by atoms with van der Waals surface area (Å²) in [7, 11) is 0. The molecule has 0 fully saturated rings. The maximum atomic E-state index is 9.00. The minimum Gasteiger partial charge on any atom is -0.399 e. The summed E-state index contributed by atoms with van der Waals surface area (Å²) in [6.07, 6.45) is 0.588. The largest absolute Gasteiger partial charge is 0.399 e. The number of nitrogens with two attached hydrogens (primary N) is 1. The van der Waals surface area contributed by atoms with Gasteiger partial charge in [-0.1, -0.05) is 6.07 Å². The predicted molar refractivity (Wildman–Crippen MR) is 63.9 cm³/mol.